The van der Waals surface area contributed by atoms with Crippen LogP contribution in [-0.2, 0) is 10.8 Å². The number of rotatable bonds is 0. The topological polar surface area (TPSA) is 31.6 Å². The SMILES string of the molecule is CC(C)(C)c1ccc2c([nH]c3ccccc32)c1C(C)(C)C.c1ccc2c(c1)[nH]c1ccccc12. The lowest BCUT2D eigenvalue weighted by molar-refractivity contribution is 0.534. The minimum Gasteiger partial charge on any atom is -0.355 e. The molecule has 0 spiro atoms. The summed E-state index contributed by atoms with van der Waals surface area (Å²) < 4.78 is 0. The Bertz CT molecular complexity index is 1560. The zero-order chi connectivity index (χ0) is 24.1. The van der Waals surface area contributed by atoms with Crippen molar-refractivity contribution in [2.24, 2.45) is 0 Å². The molecule has 6 rings (SSSR count). The van der Waals surface area contributed by atoms with Crippen LogP contribution in [0.15, 0.2) is 84.9 Å². The predicted molar refractivity (Wildman–Crippen MR) is 149 cm³/mol. The molecule has 2 N–H and O–H groups in total. The van der Waals surface area contributed by atoms with Crippen molar-refractivity contribution in [1.29, 1.82) is 0 Å². The highest BCUT2D eigenvalue weighted by Gasteiger charge is 2.28. The molecule has 172 valence electrons. The van der Waals surface area contributed by atoms with Crippen LogP contribution in [0.5, 0.6) is 0 Å². The van der Waals surface area contributed by atoms with Crippen LogP contribution in [0.4, 0.5) is 0 Å². The number of benzene rings is 4. The average molecular weight is 447 g/mol. The van der Waals surface area contributed by atoms with Gasteiger partial charge in [-0.2, -0.15) is 0 Å². The molecule has 34 heavy (non-hydrogen) atoms. The van der Waals surface area contributed by atoms with E-state index < -0.39 is 0 Å². The van der Waals surface area contributed by atoms with Gasteiger partial charge in [0.05, 0.1) is 5.52 Å². The van der Waals surface area contributed by atoms with E-state index >= 15 is 0 Å². The Morgan fingerprint density at radius 3 is 1.35 bits per heavy atom. The maximum Gasteiger partial charge on any atom is 0.0505 e. The van der Waals surface area contributed by atoms with Gasteiger partial charge in [0.1, 0.15) is 0 Å². The summed E-state index contributed by atoms with van der Waals surface area (Å²) in [4.78, 5) is 7.04. The number of aromatic nitrogens is 2. The molecule has 0 radical (unpaired) electrons. The first kappa shape index (κ1) is 22.3. The summed E-state index contributed by atoms with van der Waals surface area (Å²) in [5.41, 5.74) is 8.10. The van der Waals surface area contributed by atoms with Crippen molar-refractivity contribution >= 4 is 43.6 Å². The van der Waals surface area contributed by atoms with Gasteiger partial charge in [-0.15, -0.1) is 0 Å². The maximum absolute atomic E-state index is 3.67. The molecule has 6 aromatic rings. The number of aromatic amines is 2. The number of fused-ring (bicyclic) bond motifs is 6. The Balaban J connectivity index is 0.000000157. The molecule has 0 saturated carbocycles. The van der Waals surface area contributed by atoms with E-state index in [0.717, 1.165) is 0 Å². The molecular formula is C32H34N2. The van der Waals surface area contributed by atoms with Crippen molar-refractivity contribution in [2.75, 3.05) is 0 Å². The standard InChI is InChI=1S/C20H25N.C12H9N/c1-19(2,3)15-12-11-14-13-9-7-8-10-16(13)21-18(14)17(15)20(4,5)6;1-3-7-11-9(5-1)10-6-2-4-8-12(10)13-11/h7-12,21H,1-6H3;1-8,13H. The van der Waals surface area contributed by atoms with Crippen molar-refractivity contribution in [1.82, 2.24) is 9.97 Å². The van der Waals surface area contributed by atoms with Gasteiger partial charge in [0.2, 0.25) is 0 Å². The zero-order valence-corrected chi connectivity index (χ0v) is 21.1. The first-order valence-corrected chi connectivity index (χ1v) is 12.1. The highest BCUT2D eigenvalue weighted by molar-refractivity contribution is 6.09. The molecule has 0 atom stereocenters. The number of H-pyrrole nitrogens is 2. The van der Waals surface area contributed by atoms with Gasteiger partial charge < -0.3 is 9.97 Å². The Labute approximate surface area is 202 Å². The quantitative estimate of drug-likeness (QED) is 0.233. The fraction of sp³-hybridized carbons (Fsp3) is 0.250. The average Bonchev–Trinajstić information content (AvgIpc) is 3.36. The summed E-state index contributed by atoms with van der Waals surface area (Å²) in [7, 11) is 0. The largest absolute Gasteiger partial charge is 0.355 e. The van der Waals surface area contributed by atoms with Crippen molar-refractivity contribution in [3.63, 3.8) is 0 Å². The summed E-state index contributed by atoms with van der Waals surface area (Å²) >= 11 is 0. The van der Waals surface area contributed by atoms with Crippen LogP contribution < -0.4 is 0 Å². The van der Waals surface area contributed by atoms with Crippen molar-refractivity contribution in [3.8, 4) is 0 Å². The van der Waals surface area contributed by atoms with Gasteiger partial charge in [-0.05, 0) is 40.2 Å². The van der Waals surface area contributed by atoms with Gasteiger partial charge in [-0.3, -0.25) is 0 Å². The summed E-state index contributed by atoms with van der Waals surface area (Å²) in [5.74, 6) is 0. The molecule has 2 nitrogen and oxygen atoms in total. The van der Waals surface area contributed by atoms with Gasteiger partial charge in [-0.25, -0.2) is 0 Å². The van der Waals surface area contributed by atoms with Gasteiger partial charge in [0.25, 0.3) is 0 Å². The number of nitrogens with one attached hydrogen (secondary N) is 2. The minimum absolute atomic E-state index is 0.114. The predicted octanol–water partition coefficient (Wildman–Crippen LogP) is 9.24. The molecule has 0 bridgehead atoms. The van der Waals surface area contributed by atoms with Crippen molar-refractivity contribution in [3.05, 3.63) is 96.1 Å². The number of hydrogen-bond acceptors (Lipinski definition) is 0. The number of hydrogen-bond donors (Lipinski definition) is 2. The molecular weight excluding hydrogens is 412 g/mol. The first-order valence-electron chi connectivity index (χ1n) is 12.1. The summed E-state index contributed by atoms with van der Waals surface area (Å²) in [6.07, 6.45) is 0. The van der Waals surface area contributed by atoms with Crippen LogP contribution in [-0.4, -0.2) is 9.97 Å². The Hall–Kier alpha value is -3.52. The third-order valence-electron chi connectivity index (χ3n) is 6.65. The van der Waals surface area contributed by atoms with E-state index in [0.29, 0.717) is 0 Å². The highest BCUT2D eigenvalue weighted by atomic mass is 14.7. The first-order chi connectivity index (χ1) is 16.1. The van der Waals surface area contributed by atoms with Gasteiger partial charge in [0.15, 0.2) is 0 Å². The summed E-state index contributed by atoms with van der Waals surface area (Å²) in [6.45, 7) is 13.8. The van der Waals surface area contributed by atoms with Crippen LogP contribution in [0, 0.1) is 0 Å². The normalized spacial score (nSPS) is 12.4. The van der Waals surface area contributed by atoms with Gasteiger partial charge in [0, 0.05) is 38.1 Å². The Kier molecular flexibility index (Phi) is 5.28. The van der Waals surface area contributed by atoms with E-state index in [1.54, 1.807) is 0 Å². The molecule has 0 unspecified atom stereocenters. The maximum atomic E-state index is 3.67. The molecule has 0 aliphatic heterocycles. The van der Waals surface area contributed by atoms with E-state index in [1.807, 2.05) is 0 Å². The lowest BCUT2D eigenvalue weighted by Gasteiger charge is -2.30. The van der Waals surface area contributed by atoms with E-state index in [1.165, 1.54) is 54.7 Å². The van der Waals surface area contributed by atoms with E-state index in [9.17, 15) is 0 Å². The second-order valence-electron chi connectivity index (χ2n) is 11.3. The van der Waals surface area contributed by atoms with E-state index in [4.69, 9.17) is 0 Å². The van der Waals surface area contributed by atoms with Gasteiger partial charge >= 0.3 is 0 Å². The Morgan fingerprint density at radius 2 is 0.882 bits per heavy atom. The van der Waals surface area contributed by atoms with Gasteiger partial charge in [-0.1, -0.05) is 108 Å². The molecule has 2 heterocycles. The van der Waals surface area contributed by atoms with Crippen LogP contribution in [0.3, 0.4) is 0 Å². The molecule has 0 fully saturated rings. The van der Waals surface area contributed by atoms with Crippen LogP contribution in [0.25, 0.3) is 43.6 Å². The van der Waals surface area contributed by atoms with Crippen molar-refractivity contribution in [2.45, 2.75) is 52.4 Å². The second-order valence-corrected chi connectivity index (χ2v) is 11.3. The fourth-order valence-electron chi connectivity index (χ4n) is 5.12. The highest BCUT2D eigenvalue weighted by Crippen LogP contribution is 2.40. The van der Waals surface area contributed by atoms with Crippen LogP contribution in [0.1, 0.15) is 52.7 Å². The molecule has 2 aromatic heterocycles. The third kappa shape index (κ3) is 3.88. The smallest absolute Gasteiger partial charge is 0.0505 e. The third-order valence-corrected chi connectivity index (χ3v) is 6.65. The molecule has 4 aromatic carbocycles. The molecule has 0 aliphatic rings. The summed E-state index contributed by atoms with van der Waals surface area (Å²) in [5, 5.41) is 5.26. The van der Waals surface area contributed by atoms with E-state index in [2.05, 4.69) is 136 Å². The Morgan fingerprint density at radius 1 is 0.441 bits per heavy atom. The monoisotopic (exact) mass is 446 g/mol. The lowest BCUT2D eigenvalue weighted by Crippen LogP contribution is -2.22. The molecule has 0 saturated heterocycles. The van der Waals surface area contributed by atoms with Crippen molar-refractivity contribution < 1.29 is 0 Å². The van der Waals surface area contributed by atoms with Crippen LogP contribution >= 0.6 is 0 Å². The minimum atomic E-state index is 0.114. The molecule has 0 amide bonds. The van der Waals surface area contributed by atoms with Crippen LogP contribution in [0.2, 0.25) is 0 Å². The second kappa shape index (κ2) is 8.06. The fourth-order valence-corrected chi connectivity index (χ4v) is 5.12. The number of para-hydroxylation sites is 3. The van der Waals surface area contributed by atoms with E-state index in [-0.39, 0.29) is 10.8 Å². The zero-order valence-electron chi connectivity index (χ0n) is 21.1. The lowest BCUT2D eigenvalue weighted by atomic mass is 9.74. The molecule has 2 heteroatoms. The molecule has 0 aliphatic carbocycles. The summed E-state index contributed by atoms with van der Waals surface area (Å²) in [6, 6.07) is 29.9.